The van der Waals surface area contributed by atoms with Crippen LogP contribution in [0.5, 0.6) is 0 Å². The number of hydrogen-bond acceptors (Lipinski definition) is 2. The van der Waals surface area contributed by atoms with Crippen molar-refractivity contribution in [3.8, 4) is 0 Å². The van der Waals surface area contributed by atoms with E-state index in [9.17, 15) is 9.90 Å². The molecule has 2 fully saturated rings. The minimum atomic E-state index is -1.06. The van der Waals surface area contributed by atoms with Crippen LogP contribution in [-0.2, 0) is 4.79 Å². The molecule has 2 saturated carbocycles. The molecule has 0 spiro atoms. The second kappa shape index (κ2) is 3.10. The first-order valence-corrected chi connectivity index (χ1v) is 5.94. The SMILES string of the molecule is C=CC(=O)NC1(O)CC2CCC1(C)C2(C)C. The van der Waals surface area contributed by atoms with Crippen LogP contribution in [0.1, 0.15) is 40.0 Å². The van der Waals surface area contributed by atoms with Crippen LogP contribution in [0.4, 0.5) is 0 Å². The number of nitrogens with one attached hydrogen (secondary N) is 1. The van der Waals surface area contributed by atoms with Crippen LogP contribution in [0.3, 0.4) is 0 Å². The highest BCUT2D eigenvalue weighted by molar-refractivity contribution is 5.87. The normalized spacial score (nSPS) is 44.4. The van der Waals surface area contributed by atoms with Gasteiger partial charge in [-0.15, -0.1) is 0 Å². The number of fused-ring (bicyclic) bond motifs is 2. The van der Waals surface area contributed by atoms with E-state index in [-0.39, 0.29) is 16.7 Å². The Labute approximate surface area is 96.9 Å². The molecule has 3 unspecified atom stereocenters. The van der Waals surface area contributed by atoms with Crippen molar-refractivity contribution in [2.24, 2.45) is 16.7 Å². The van der Waals surface area contributed by atoms with Crippen molar-refractivity contribution >= 4 is 5.91 Å². The number of carbonyl (C=O) groups excluding carboxylic acids is 1. The molecule has 90 valence electrons. The lowest BCUT2D eigenvalue weighted by molar-refractivity contribution is -0.142. The zero-order valence-electron chi connectivity index (χ0n) is 10.3. The number of amides is 1. The van der Waals surface area contributed by atoms with Gasteiger partial charge in [-0.25, -0.2) is 0 Å². The van der Waals surface area contributed by atoms with Gasteiger partial charge in [0.05, 0.1) is 0 Å². The Morgan fingerprint density at radius 3 is 2.50 bits per heavy atom. The van der Waals surface area contributed by atoms with Crippen molar-refractivity contribution in [3.63, 3.8) is 0 Å². The Morgan fingerprint density at radius 1 is 1.50 bits per heavy atom. The molecule has 0 aromatic rings. The molecular weight excluding hydrogens is 202 g/mol. The molecule has 16 heavy (non-hydrogen) atoms. The highest BCUT2D eigenvalue weighted by atomic mass is 16.3. The molecule has 3 nitrogen and oxygen atoms in total. The summed E-state index contributed by atoms with van der Waals surface area (Å²) in [6.45, 7) is 9.91. The molecule has 2 rings (SSSR count). The molecule has 0 saturated heterocycles. The van der Waals surface area contributed by atoms with Gasteiger partial charge in [-0.05, 0) is 36.7 Å². The largest absolute Gasteiger partial charge is 0.370 e. The first-order chi connectivity index (χ1) is 7.27. The van der Waals surface area contributed by atoms with Gasteiger partial charge in [-0.2, -0.15) is 0 Å². The molecule has 3 atom stereocenters. The molecule has 2 N–H and O–H groups in total. The highest BCUT2D eigenvalue weighted by Gasteiger charge is 2.68. The second-order valence-electron chi connectivity index (χ2n) is 6.05. The second-order valence-corrected chi connectivity index (χ2v) is 6.05. The average molecular weight is 223 g/mol. The van der Waals surface area contributed by atoms with Crippen molar-refractivity contribution in [3.05, 3.63) is 12.7 Å². The third-order valence-electron chi connectivity index (χ3n) is 5.41. The predicted octanol–water partition coefficient (Wildman–Crippen LogP) is 1.82. The number of hydrogen-bond donors (Lipinski definition) is 2. The van der Waals surface area contributed by atoms with Crippen LogP contribution < -0.4 is 5.32 Å². The molecule has 0 aromatic heterocycles. The maximum absolute atomic E-state index is 11.4. The molecular formula is C13H21NO2. The molecule has 1 amide bonds. The van der Waals surface area contributed by atoms with E-state index in [4.69, 9.17) is 0 Å². The van der Waals surface area contributed by atoms with Crippen molar-refractivity contribution in [1.29, 1.82) is 0 Å². The zero-order chi connectivity index (χ0) is 12.2. The molecule has 0 aromatic carbocycles. The molecule has 0 radical (unpaired) electrons. The summed E-state index contributed by atoms with van der Waals surface area (Å²) in [5, 5.41) is 13.4. The minimum Gasteiger partial charge on any atom is -0.370 e. The molecule has 2 bridgehead atoms. The third-order valence-corrected chi connectivity index (χ3v) is 5.41. The Morgan fingerprint density at radius 2 is 2.12 bits per heavy atom. The quantitative estimate of drug-likeness (QED) is 0.554. The molecule has 0 aliphatic heterocycles. The fraction of sp³-hybridized carbons (Fsp3) is 0.769. The van der Waals surface area contributed by atoms with E-state index in [1.807, 2.05) is 0 Å². The van der Waals surface area contributed by atoms with Crippen LogP contribution in [0.15, 0.2) is 12.7 Å². The highest BCUT2D eigenvalue weighted by Crippen LogP contribution is 2.68. The van der Waals surface area contributed by atoms with Gasteiger partial charge < -0.3 is 10.4 Å². The van der Waals surface area contributed by atoms with Crippen molar-refractivity contribution in [2.45, 2.75) is 45.8 Å². The summed E-state index contributed by atoms with van der Waals surface area (Å²) in [6, 6.07) is 0. The van der Waals surface area contributed by atoms with Gasteiger partial charge in [0.25, 0.3) is 0 Å². The lowest BCUT2D eigenvalue weighted by Crippen LogP contribution is -2.58. The van der Waals surface area contributed by atoms with Gasteiger partial charge in [0.1, 0.15) is 5.72 Å². The molecule has 3 heteroatoms. The lowest BCUT2D eigenvalue weighted by atomic mass is 9.67. The standard InChI is InChI=1S/C13H21NO2/c1-5-10(15)14-13(16)8-9-6-7-12(13,4)11(9,2)3/h5,9,16H,1,6-8H2,2-4H3,(H,14,15). The summed E-state index contributed by atoms with van der Waals surface area (Å²) < 4.78 is 0. The first-order valence-electron chi connectivity index (χ1n) is 5.94. The smallest absolute Gasteiger partial charge is 0.245 e. The van der Waals surface area contributed by atoms with E-state index in [1.165, 1.54) is 6.08 Å². The monoisotopic (exact) mass is 223 g/mol. The lowest BCUT2D eigenvalue weighted by Gasteiger charge is -2.45. The van der Waals surface area contributed by atoms with Gasteiger partial charge in [0.2, 0.25) is 5.91 Å². The summed E-state index contributed by atoms with van der Waals surface area (Å²) in [7, 11) is 0. The van der Waals surface area contributed by atoms with Crippen molar-refractivity contribution in [2.75, 3.05) is 0 Å². The van der Waals surface area contributed by atoms with Crippen LogP contribution in [0, 0.1) is 16.7 Å². The average Bonchev–Trinajstić information content (AvgIpc) is 2.49. The number of carbonyl (C=O) groups is 1. The Bertz CT molecular complexity index is 350. The van der Waals surface area contributed by atoms with Gasteiger partial charge in [-0.1, -0.05) is 27.4 Å². The van der Waals surface area contributed by atoms with Crippen LogP contribution >= 0.6 is 0 Å². The molecule has 2 aliphatic carbocycles. The molecule has 0 heterocycles. The fourth-order valence-corrected chi connectivity index (χ4v) is 3.72. The van der Waals surface area contributed by atoms with E-state index < -0.39 is 5.72 Å². The number of aliphatic hydroxyl groups is 1. The van der Waals surface area contributed by atoms with Gasteiger partial charge in [0, 0.05) is 5.41 Å². The summed E-state index contributed by atoms with van der Waals surface area (Å²) in [5.41, 5.74) is -1.22. The topological polar surface area (TPSA) is 49.3 Å². The fourth-order valence-electron chi connectivity index (χ4n) is 3.72. The van der Waals surface area contributed by atoms with E-state index in [1.54, 1.807) is 0 Å². The van der Waals surface area contributed by atoms with Crippen LogP contribution in [-0.4, -0.2) is 16.7 Å². The predicted molar refractivity (Wildman–Crippen MR) is 62.5 cm³/mol. The minimum absolute atomic E-state index is 0.0796. The van der Waals surface area contributed by atoms with E-state index in [0.29, 0.717) is 12.3 Å². The van der Waals surface area contributed by atoms with Crippen LogP contribution in [0.25, 0.3) is 0 Å². The summed E-state index contributed by atoms with van der Waals surface area (Å²) >= 11 is 0. The van der Waals surface area contributed by atoms with E-state index in [0.717, 1.165) is 12.8 Å². The summed E-state index contributed by atoms with van der Waals surface area (Å²) in [4.78, 5) is 11.4. The first kappa shape index (κ1) is 11.6. The maximum atomic E-state index is 11.4. The van der Waals surface area contributed by atoms with Gasteiger partial charge >= 0.3 is 0 Å². The summed E-state index contributed by atoms with van der Waals surface area (Å²) in [6.07, 6.45) is 4.00. The third kappa shape index (κ3) is 1.15. The molecule has 2 aliphatic rings. The van der Waals surface area contributed by atoms with Gasteiger partial charge in [0.15, 0.2) is 0 Å². The maximum Gasteiger partial charge on any atom is 0.245 e. The van der Waals surface area contributed by atoms with Crippen molar-refractivity contribution < 1.29 is 9.90 Å². The Hall–Kier alpha value is -0.830. The zero-order valence-corrected chi connectivity index (χ0v) is 10.3. The van der Waals surface area contributed by atoms with E-state index in [2.05, 4.69) is 32.7 Å². The summed E-state index contributed by atoms with van der Waals surface area (Å²) in [5.74, 6) is 0.208. The Balaban J connectivity index is 2.32. The van der Waals surface area contributed by atoms with Crippen LogP contribution in [0.2, 0.25) is 0 Å². The Kier molecular flexibility index (Phi) is 2.26. The van der Waals surface area contributed by atoms with Gasteiger partial charge in [-0.3, -0.25) is 4.79 Å². The van der Waals surface area contributed by atoms with E-state index >= 15 is 0 Å². The number of rotatable bonds is 2. The van der Waals surface area contributed by atoms with Crippen molar-refractivity contribution in [1.82, 2.24) is 5.32 Å².